The van der Waals surface area contributed by atoms with Crippen molar-refractivity contribution < 1.29 is 29.2 Å². The highest BCUT2D eigenvalue weighted by Gasteiger charge is 2.26. The second-order valence-electron chi connectivity index (χ2n) is 7.74. The molecule has 3 rings (SSSR count). The number of benzene rings is 2. The van der Waals surface area contributed by atoms with Gasteiger partial charge in [-0.3, -0.25) is 4.79 Å². The third-order valence-corrected chi connectivity index (χ3v) is 5.79. The zero-order chi connectivity index (χ0) is 23.7. The smallest absolute Gasteiger partial charge is 0.341 e. The molecule has 0 amide bonds. The van der Waals surface area contributed by atoms with Gasteiger partial charge < -0.3 is 24.6 Å². The summed E-state index contributed by atoms with van der Waals surface area (Å²) in [6.07, 6.45) is -0.340. The standard InChI is InChI=1S/C23H23ClFNO6/c1-11(2)18(10-27)26-9-15(23(30)31)22(29)13-7-14(19(32-3)8-17(13)26)21(28)12-5-4-6-16(24)20(12)25/h4-9,11,18,21,27-28H,10H2,1-3H3,(H,30,31)/t18-,21?/m1/s1. The van der Waals surface area contributed by atoms with E-state index in [0.717, 1.165) is 0 Å². The monoisotopic (exact) mass is 463 g/mol. The van der Waals surface area contributed by atoms with Crippen LogP contribution < -0.4 is 10.2 Å². The molecular weight excluding hydrogens is 441 g/mol. The number of nitrogens with zero attached hydrogens (tertiary/aromatic N) is 1. The molecular formula is C23H23ClFNO6. The molecule has 0 saturated carbocycles. The topological polar surface area (TPSA) is 109 Å². The maximum absolute atomic E-state index is 14.5. The van der Waals surface area contributed by atoms with Gasteiger partial charge in [-0.15, -0.1) is 0 Å². The number of aliphatic hydroxyl groups excluding tert-OH is 2. The summed E-state index contributed by atoms with van der Waals surface area (Å²) in [7, 11) is 1.35. The Hall–Kier alpha value is -2.94. The van der Waals surface area contributed by atoms with E-state index in [1.54, 1.807) is 0 Å². The van der Waals surface area contributed by atoms with Gasteiger partial charge in [-0.25, -0.2) is 9.18 Å². The van der Waals surface area contributed by atoms with Crippen molar-refractivity contribution in [2.24, 2.45) is 5.92 Å². The second kappa shape index (κ2) is 9.28. The van der Waals surface area contributed by atoms with E-state index in [9.17, 15) is 29.3 Å². The zero-order valence-corrected chi connectivity index (χ0v) is 18.4. The fourth-order valence-electron chi connectivity index (χ4n) is 3.73. The van der Waals surface area contributed by atoms with Crippen molar-refractivity contribution in [3.8, 4) is 5.75 Å². The number of carboxylic acid groups (broad SMARTS) is 1. The van der Waals surface area contributed by atoms with Gasteiger partial charge in [0.15, 0.2) is 0 Å². The largest absolute Gasteiger partial charge is 0.496 e. The lowest BCUT2D eigenvalue weighted by Crippen LogP contribution is -2.25. The van der Waals surface area contributed by atoms with Gasteiger partial charge in [0.25, 0.3) is 0 Å². The van der Waals surface area contributed by atoms with Crippen LogP contribution in [0, 0.1) is 11.7 Å². The molecule has 0 bridgehead atoms. The van der Waals surface area contributed by atoms with E-state index < -0.39 is 34.9 Å². The normalized spacial score (nSPS) is 13.4. The lowest BCUT2D eigenvalue weighted by atomic mass is 9.96. The summed E-state index contributed by atoms with van der Waals surface area (Å²) in [6, 6.07) is 6.39. The molecule has 1 unspecified atom stereocenters. The van der Waals surface area contributed by atoms with Gasteiger partial charge >= 0.3 is 5.97 Å². The fourth-order valence-corrected chi connectivity index (χ4v) is 3.91. The molecule has 3 N–H and O–H groups in total. The Balaban J connectivity index is 2.38. The van der Waals surface area contributed by atoms with E-state index in [4.69, 9.17) is 16.3 Å². The molecule has 2 atom stereocenters. The minimum absolute atomic E-state index is 0.0127. The first-order valence-corrected chi connectivity index (χ1v) is 10.2. The van der Waals surface area contributed by atoms with Crippen molar-refractivity contribution in [1.29, 1.82) is 0 Å². The Morgan fingerprint density at radius 2 is 1.94 bits per heavy atom. The lowest BCUT2D eigenvalue weighted by molar-refractivity contribution is 0.0694. The van der Waals surface area contributed by atoms with E-state index in [2.05, 4.69) is 0 Å². The van der Waals surface area contributed by atoms with Crippen LogP contribution >= 0.6 is 11.6 Å². The van der Waals surface area contributed by atoms with Gasteiger partial charge in [0.1, 0.15) is 23.2 Å². The first kappa shape index (κ1) is 23.7. The average Bonchev–Trinajstić information content (AvgIpc) is 2.75. The van der Waals surface area contributed by atoms with Crippen LogP contribution in [0.25, 0.3) is 10.9 Å². The van der Waals surface area contributed by atoms with Crippen molar-refractivity contribution in [2.75, 3.05) is 13.7 Å². The number of aliphatic hydroxyl groups is 2. The molecule has 9 heteroatoms. The highest BCUT2D eigenvalue weighted by atomic mass is 35.5. The van der Waals surface area contributed by atoms with E-state index in [0.29, 0.717) is 5.52 Å². The Kier molecular flexibility index (Phi) is 6.88. The molecule has 0 fully saturated rings. The van der Waals surface area contributed by atoms with Crippen molar-refractivity contribution in [2.45, 2.75) is 26.0 Å². The fraction of sp³-hybridized carbons (Fsp3) is 0.304. The summed E-state index contributed by atoms with van der Waals surface area (Å²) in [5.41, 5.74) is -1.01. The van der Waals surface area contributed by atoms with E-state index >= 15 is 0 Å². The Morgan fingerprint density at radius 1 is 1.25 bits per heavy atom. The predicted octanol–water partition coefficient (Wildman–Crippen LogP) is 3.77. The van der Waals surface area contributed by atoms with Crippen molar-refractivity contribution in [3.63, 3.8) is 0 Å². The van der Waals surface area contributed by atoms with Gasteiger partial charge in [-0.05, 0) is 18.1 Å². The molecule has 0 aliphatic rings. The molecule has 0 radical (unpaired) electrons. The molecule has 170 valence electrons. The van der Waals surface area contributed by atoms with Crippen LogP contribution in [-0.4, -0.2) is 39.6 Å². The minimum atomic E-state index is -1.53. The number of carbonyl (C=O) groups is 1. The number of rotatable bonds is 7. The van der Waals surface area contributed by atoms with Crippen molar-refractivity contribution >= 4 is 28.5 Å². The molecule has 1 aromatic heterocycles. The predicted molar refractivity (Wildman–Crippen MR) is 118 cm³/mol. The Bertz CT molecular complexity index is 1240. The number of pyridine rings is 1. The minimum Gasteiger partial charge on any atom is -0.496 e. The van der Waals surface area contributed by atoms with Crippen molar-refractivity contribution in [1.82, 2.24) is 4.57 Å². The highest BCUT2D eigenvalue weighted by Crippen LogP contribution is 2.36. The maximum atomic E-state index is 14.5. The summed E-state index contributed by atoms with van der Waals surface area (Å²) in [5.74, 6) is -2.18. The van der Waals surface area contributed by atoms with Crippen LogP contribution in [0.3, 0.4) is 0 Å². The second-order valence-corrected chi connectivity index (χ2v) is 8.14. The average molecular weight is 464 g/mol. The molecule has 3 aromatic rings. The van der Waals surface area contributed by atoms with Crippen LogP contribution in [0.1, 0.15) is 47.5 Å². The number of fused-ring (bicyclic) bond motifs is 1. The lowest BCUT2D eigenvalue weighted by Gasteiger charge is -2.26. The highest BCUT2D eigenvalue weighted by molar-refractivity contribution is 6.30. The van der Waals surface area contributed by atoms with Crippen LogP contribution in [0.2, 0.25) is 5.02 Å². The summed E-state index contributed by atoms with van der Waals surface area (Å²) in [4.78, 5) is 24.7. The number of methoxy groups -OCH3 is 1. The molecule has 2 aromatic carbocycles. The van der Waals surface area contributed by atoms with Crippen molar-refractivity contribution in [3.05, 3.63) is 74.3 Å². The molecule has 0 aliphatic heterocycles. The zero-order valence-electron chi connectivity index (χ0n) is 17.7. The van der Waals surface area contributed by atoms with Crippen LogP contribution in [0.15, 0.2) is 41.3 Å². The van der Waals surface area contributed by atoms with Gasteiger partial charge in [0.2, 0.25) is 5.43 Å². The van der Waals surface area contributed by atoms with E-state index in [1.165, 1.54) is 48.2 Å². The first-order valence-electron chi connectivity index (χ1n) is 9.85. The van der Waals surface area contributed by atoms with E-state index in [1.807, 2.05) is 13.8 Å². The van der Waals surface area contributed by atoms with E-state index in [-0.39, 0.29) is 39.8 Å². The first-order chi connectivity index (χ1) is 15.1. The Morgan fingerprint density at radius 3 is 2.50 bits per heavy atom. The number of carboxylic acids is 1. The SMILES string of the molecule is COc1cc2c(cc1C(O)c1cccc(Cl)c1F)c(=O)c(C(=O)O)cn2[C@H](CO)C(C)C. The van der Waals surface area contributed by atoms with Crippen LogP contribution in [0.4, 0.5) is 4.39 Å². The van der Waals surface area contributed by atoms with Gasteiger partial charge in [-0.2, -0.15) is 0 Å². The summed E-state index contributed by atoms with van der Waals surface area (Å²) >= 11 is 5.84. The number of halogens is 2. The molecule has 0 saturated heterocycles. The summed E-state index contributed by atoms with van der Waals surface area (Å²) in [5, 5.41) is 30.2. The summed E-state index contributed by atoms with van der Waals surface area (Å²) < 4.78 is 21.5. The third-order valence-electron chi connectivity index (χ3n) is 5.50. The van der Waals surface area contributed by atoms with Crippen LogP contribution in [-0.2, 0) is 0 Å². The Labute approximate surface area is 188 Å². The molecule has 7 nitrogen and oxygen atoms in total. The molecule has 0 aliphatic carbocycles. The molecule has 0 spiro atoms. The number of hydrogen-bond donors (Lipinski definition) is 3. The quantitative estimate of drug-likeness (QED) is 0.492. The number of aromatic nitrogens is 1. The number of ether oxygens (including phenoxy) is 1. The molecule has 1 heterocycles. The maximum Gasteiger partial charge on any atom is 0.341 e. The third kappa shape index (κ3) is 4.09. The van der Waals surface area contributed by atoms with Gasteiger partial charge in [0, 0.05) is 28.8 Å². The van der Waals surface area contributed by atoms with Gasteiger partial charge in [0.05, 0.1) is 30.3 Å². The number of aromatic carboxylic acids is 1. The number of hydrogen-bond acceptors (Lipinski definition) is 5. The van der Waals surface area contributed by atoms with Crippen LogP contribution in [0.5, 0.6) is 5.75 Å². The summed E-state index contributed by atoms with van der Waals surface area (Å²) in [6.45, 7) is 3.40. The molecule has 32 heavy (non-hydrogen) atoms. The van der Waals surface area contributed by atoms with Gasteiger partial charge in [-0.1, -0.05) is 37.6 Å².